The van der Waals surface area contributed by atoms with E-state index in [9.17, 15) is 9.59 Å². The average Bonchev–Trinajstić information content (AvgIpc) is 2.84. The van der Waals surface area contributed by atoms with Crippen molar-refractivity contribution in [2.75, 3.05) is 13.2 Å². The number of esters is 1. The fraction of sp³-hybridized carbons (Fsp3) is 0.222. The predicted octanol–water partition coefficient (Wildman–Crippen LogP) is 6.26. The molecule has 0 atom stereocenters. The molecule has 0 unspecified atom stereocenters. The summed E-state index contributed by atoms with van der Waals surface area (Å²) in [5, 5.41) is 4.55. The van der Waals surface area contributed by atoms with Crippen LogP contribution in [-0.4, -0.2) is 31.3 Å². The largest absolute Gasteiger partial charge is 0.490 e. The molecule has 0 heterocycles. The predicted molar refractivity (Wildman–Crippen MR) is 141 cm³/mol. The van der Waals surface area contributed by atoms with E-state index < -0.39 is 11.9 Å². The van der Waals surface area contributed by atoms with Gasteiger partial charge in [-0.1, -0.05) is 49.2 Å². The number of hydrogen-bond donors (Lipinski definition) is 1. The summed E-state index contributed by atoms with van der Waals surface area (Å²) in [5.74, 6) is 0.512. The molecule has 0 fully saturated rings. The van der Waals surface area contributed by atoms with Gasteiger partial charge in [0.05, 0.1) is 23.4 Å². The summed E-state index contributed by atoms with van der Waals surface area (Å²) in [6.07, 6.45) is 1.44. The Kier molecular flexibility index (Phi) is 9.73. The molecule has 0 spiro atoms. The minimum absolute atomic E-state index is 0.176. The van der Waals surface area contributed by atoms with Crippen molar-refractivity contribution in [1.82, 2.24) is 5.43 Å². The molecule has 0 radical (unpaired) electrons. The zero-order chi connectivity index (χ0) is 26.1. The van der Waals surface area contributed by atoms with Crippen LogP contribution < -0.4 is 19.6 Å². The van der Waals surface area contributed by atoms with Crippen LogP contribution in [0.2, 0.25) is 10.0 Å². The molecule has 3 aromatic carbocycles. The van der Waals surface area contributed by atoms with Gasteiger partial charge in [-0.05, 0) is 72.5 Å². The van der Waals surface area contributed by atoms with Crippen LogP contribution in [0.25, 0.3) is 0 Å². The molecule has 1 N–H and O–H groups in total. The fourth-order valence-electron chi connectivity index (χ4n) is 3.08. The minimum atomic E-state index is -0.648. The molecule has 0 aliphatic carbocycles. The van der Waals surface area contributed by atoms with Crippen molar-refractivity contribution in [2.24, 2.45) is 5.10 Å². The molecule has 36 heavy (non-hydrogen) atoms. The third-order valence-electron chi connectivity index (χ3n) is 4.94. The fourth-order valence-corrected chi connectivity index (χ4v) is 3.56. The first-order valence-electron chi connectivity index (χ1n) is 11.3. The maximum atomic E-state index is 12.6. The molecule has 3 aromatic rings. The zero-order valence-electron chi connectivity index (χ0n) is 20.1. The number of halogens is 2. The lowest BCUT2D eigenvalue weighted by atomic mass is 10.0. The number of benzene rings is 3. The standard InChI is InChI=1S/C27H26Cl2N2O5/c1-4-34-25-13-18(5-12-24(25)36-27(33)22-11-8-20(28)14-23(22)29)15-30-31-26(32)16-35-21-9-6-19(7-10-21)17(2)3/h5-15,17H,4,16H2,1-3H3,(H,31,32). The number of nitrogens with zero attached hydrogens (tertiary/aromatic N) is 1. The SMILES string of the molecule is CCOc1cc(C=NNC(=O)COc2ccc(C(C)C)cc2)ccc1OC(=O)c1ccc(Cl)cc1Cl. The highest BCUT2D eigenvalue weighted by Crippen LogP contribution is 2.30. The van der Waals surface area contributed by atoms with Crippen LogP contribution in [0.5, 0.6) is 17.2 Å². The van der Waals surface area contributed by atoms with Gasteiger partial charge in [0.1, 0.15) is 5.75 Å². The number of hydrazone groups is 1. The second-order valence-corrected chi connectivity index (χ2v) is 8.80. The van der Waals surface area contributed by atoms with Gasteiger partial charge in [0, 0.05) is 5.02 Å². The third kappa shape index (κ3) is 7.73. The van der Waals surface area contributed by atoms with Crippen LogP contribution in [-0.2, 0) is 4.79 Å². The van der Waals surface area contributed by atoms with E-state index in [0.29, 0.717) is 34.6 Å². The lowest BCUT2D eigenvalue weighted by Crippen LogP contribution is -2.24. The van der Waals surface area contributed by atoms with Crippen molar-refractivity contribution < 1.29 is 23.8 Å². The van der Waals surface area contributed by atoms with Gasteiger partial charge < -0.3 is 14.2 Å². The van der Waals surface area contributed by atoms with Crippen molar-refractivity contribution in [3.05, 3.63) is 87.4 Å². The summed E-state index contributed by atoms with van der Waals surface area (Å²) in [6.45, 7) is 6.19. The highest BCUT2D eigenvalue weighted by atomic mass is 35.5. The minimum Gasteiger partial charge on any atom is -0.490 e. The number of rotatable bonds is 10. The van der Waals surface area contributed by atoms with Crippen LogP contribution in [0.1, 0.15) is 48.2 Å². The molecule has 0 aliphatic rings. The summed E-state index contributed by atoms with van der Waals surface area (Å²) < 4.78 is 16.6. The Bertz CT molecular complexity index is 1240. The molecule has 0 bridgehead atoms. The van der Waals surface area contributed by atoms with E-state index in [2.05, 4.69) is 24.4 Å². The average molecular weight is 529 g/mol. The molecule has 0 saturated carbocycles. The van der Waals surface area contributed by atoms with Crippen molar-refractivity contribution in [3.63, 3.8) is 0 Å². The van der Waals surface area contributed by atoms with Crippen LogP contribution in [0.15, 0.2) is 65.8 Å². The van der Waals surface area contributed by atoms with E-state index in [0.717, 1.165) is 0 Å². The zero-order valence-corrected chi connectivity index (χ0v) is 21.6. The number of nitrogens with one attached hydrogen (secondary N) is 1. The van der Waals surface area contributed by atoms with Crippen molar-refractivity contribution in [1.29, 1.82) is 0 Å². The Morgan fingerprint density at radius 3 is 2.39 bits per heavy atom. The normalized spacial score (nSPS) is 10.9. The molecular formula is C27H26Cl2N2O5. The van der Waals surface area contributed by atoms with Gasteiger partial charge in [0.25, 0.3) is 5.91 Å². The quantitative estimate of drug-likeness (QED) is 0.145. The number of carbonyl (C=O) groups excluding carboxylic acids is 2. The Labute approximate surface area is 220 Å². The van der Waals surface area contributed by atoms with Gasteiger partial charge in [-0.25, -0.2) is 10.2 Å². The van der Waals surface area contributed by atoms with Gasteiger partial charge in [-0.3, -0.25) is 4.79 Å². The van der Waals surface area contributed by atoms with Gasteiger partial charge >= 0.3 is 5.97 Å². The lowest BCUT2D eigenvalue weighted by molar-refractivity contribution is -0.123. The van der Waals surface area contributed by atoms with E-state index in [1.807, 2.05) is 24.3 Å². The summed E-state index contributed by atoms with van der Waals surface area (Å²) in [5.41, 5.74) is 4.40. The van der Waals surface area contributed by atoms with Gasteiger partial charge in [0.15, 0.2) is 18.1 Å². The summed E-state index contributed by atoms with van der Waals surface area (Å²) in [7, 11) is 0. The topological polar surface area (TPSA) is 86.2 Å². The number of carbonyl (C=O) groups is 2. The summed E-state index contributed by atoms with van der Waals surface area (Å²) >= 11 is 12.0. The Morgan fingerprint density at radius 2 is 1.72 bits per heavy atom. The first-order chi connectivity index (χ1) is 17.3. The first-order valence-corrected chi connectivity index (χ1v) is 12.0. The highest BCUT2D eigenvalue weighted by molar-refractivity contribution is 6.36. The molecule has 0 saturated heterocycles. The number of ether oxygens (including phenoxy) is 3. The highest BCUT2D eigenvalue weighted by Gasteiger charge is 2.16. The van der Waals surface area contributed by atoms with Crippen LogP contribution in [0.4, 0.5) is 0 Å². The number of amides is 1. The van der Waals surface area contributed by atoms with E-state index in [4.69, 9.17) is 37.4 Å². The van der Waals surface area contributed by atoms with Crippen molar-refractivity contribution >= 4 is 41.3 Å². The van der Waals surface area contributed by atoms with Crippen LogP contribution in [0, 0.1) is 0 Å². The van der Waals surface area contributed by atoms with Gasteiger partial charge in [0.2, 0.25) is 0 Å². The monoisotopic (exact) mass is 528 g/mol. The first kappa shape index (κ1) is 27.0. The van der Waals surface area contributed by atoms with Gasteiger partial charge in [-0.15, -0.1) is 0 Å². The lowest BCUT2D eigenvalue weighted by Gasteiger charge is -2.12. The van der Waals surface area contributed by atoms with E-state index in [-0.39, 0.29) is 22.9 Å². The van der Waals surface area contributed by atoms with E-state index in [1.54, 1.807) is 31.2 Å². The molecule has 1 amide bonds. The van der Waals surface area contributed by atoms with Crippen LogP contribution >= 0.6 is 23.2 Å². The molecule has 3 rings (SSSR count). The van der Waals surface area contributed by atoms with Crippen LogP contribution in [0.3, 0.4) is 0 Å². The molecule has 7 nitrogen and oxygen atoms in total. The van der Waals surface area contributed by atoms with Gasteiger partial charge in [-0.2, -0.15) is 5.10 Å². The third-order valence-corrected chi connectivity index (χ3v) is 5.49. The summed E-state index contributed by atoms with van der Waals surface area (Å²) in [4.78, 5) is 24.6. The maximum Gasteiger partial charge on any atom is 0.345 e. The Morgan fingerprint density at radius 1 is 0.972 bits per heavy atom. The second kappa shape index (κ2) is 13.0. The summed E-state index contributed by atoms with van der Waals surface area (Å²) in [6, 6.07) is 17.0. The maximum absolute atomic E-state index is 12.6. The Balaban J connectivity index is 1.58. The van der Waals surface area contributed by atoms with E-state index >= 15 is 0 Å². The molecule has 0 aliphatic heterocycles. The molecular weight excluding hydrogens is 503 g/mol. The molecule has 9 heteroatoms. The van der Waals surface area contributed by atoms with E-state index in [1.165, 1.54) is 23.9 Å². The molecule has 188 valence electrons. The number of hydrogen-bond acceptors (Lipinski definition) is 6. The second-order valence-electron chi connectivity index (χ2n) is 7.96. The van der Waals surface area contributed by atoms with Crippen molar-refractivity contribution in [3.8, 4) is 17.2 Å². The molecule has 0 aromatic heterocycles. The Hall–Kier alpha value is -3.55. The smallest absolute Gasteiger partial charge is 0.345 e. The van der Waals surface area contributed by atoms with Crippen molar-refractivity contribution in [2.45, 2.75) is 26.7 Å².